The second-order valence-corrected chi connectivity index (χ2v) is 5.43. The quantitative estimate of drug-likeness (QED) is 0.814. The molecule has 94 valence electrons. The maximum atomic E-state index is 6.25. The highest BCUT2D eigenvalue weighted by Gasteiger charge is 2.21. The summed E-state index contributed by atoms with van der Waals surface area (Å²) < 4.78 is 0. The molecule has 2 atom stereocenters. The number of hydrogen-bond donors (Lipinski definition) is 1. The number of rotatable bonds is 5. The average molecular weight is 231 g/mol. The largest absolute Gasteiger partial charge is 0.328 e. The van der Waals surface area contributed by atoms with Gasteiger partial charge in [-0.3, -0.25) is 0 Å². The summed E-state index contributed by atoms with van der Waals surface area (Å²) in [6.45, 7) is 2.24. The van der Waals surface area contributed by atoms with Crippen LogP contribution in [0.1, 0.15) is 62.5 Å². The van der Waals surface area contributed by atoms with Crippen LogP contribution in [0, 0.1) is 0 Å². The molecule has 0 spiro atoms. The van der Waals surface area contributed by atoms with Crippen molar-refractivity contribution in [2.75, 3.05) is 0 Å². The number of fused-ring (bicyclic) bond motifs is 1. The van der Waals surface area contributed by atoms with E-state index < -0.39 is 0 Å². The van der Waals surface area contributed by atoms with E-state index in [-0.39, 0.29) is 0 Å². The lowest BCUT2D eigenvalue weighted by molar-refractivity contribution is 0.444. The topological polar surface area (TPSA) is 26.0 Å². The first kappa shape index (κ1) is 12.6. The van der Waals surface area contributed by atoms with Crippen LogP contribution in [0.4, 0.5) is 0 Å². The first-order chi connectivity index (χ1) is 8.31. The highest BCUT2D eigenvalue weighted by atomic mass is 14.6. The van der Waals surface area contributed by atoms with Crippen LogP contribution in [0.25, 0.3) is 0 Å². The Bertz CT molecular complexity index is 345. The molecule has 0 saturated heterocycles. The molecule has 0 radical (unpaired) electrons. The molecule has 0 aromatic heterocycles. The third-order valence-electron chi connectivity index (χ3n) is 4.01. The molecule has 1 aromatic rings. The summed E-state index contributed by atoms with van der Waals surface area (Å²) >= 11 is 0. The number of aryl methyl sites for hydroxylation is 1. The predicted molar refractivity (Wildman–Crippen MR) is 74.2 cm³/mol. The molecule has 0 aliphatic heterocycles. The van der Waals surface area contributed by atoms with Crippen molar-refractivity contribution in [3.63, 3.8) is 0 Å². The molecular weight excluding hydrogens is 206 g/mol. The zero-order chi connectivity index (χ0) is 12.1. The Morgan fingerprint density at radius 2 is 2.18 bits per heavy atom. The van der Waals surface area contributed by atoms with Crippen molar-refractivity contribution < 1.29 is 0 Å². The SMILES string of the molecule is CCCCC(N)CC1CCCc2ccccc21. The van der Waals surface area contributed by atoms with Crippen LogP contribution in [0.2, 0.25) is 0 Å². The van der Waals surface area contributed by atoms with Gasteiger partial charge in [0.1, 0.15) is 0 Å². The van der Waals surface area contributed by atoms with E-state index in [1.165, 1.54) is 44.9 Å². The first-order valence-electron chi connectivity index (χ1n) is 7.14. The van der Waals surface area contributed by atoms with Crippen LogP contribution in [0.15, 0.2) is 24.3 Å². The Morgan fingerprint density at radius 3 is 3.00 bits per heavy atom. The Morgan fingerprint density at radius 1 is 1.35 bits per heavy atom. The van der Waals surface area contributed by atoms with Gasteiger partial charge in [0.25, 0.3) is 0 Å². The fourth-order valence-electron chi connectivity index (χ4n) is 3.05. The van der Waals surface area contributed by atoms with Gasteiger partial charge in [0, 0.05) is 6.04 Å². The Labute approximate surface area is 105 Å². The maximum absolute atomic E-state index is 6.25. The van der Waals surface area contributed by atoms with Gasteiger partial charge in [0.2, 0.25) is 0 Å². The monoisotopic (exact) mass is 231 g/mol. The molecule has 1 aliphatic rings. The standard InChI is InChI=1S/C16H25N/c1-2-3-10-15(17)12-14-9-6-8-13-7-4-5-11-16(13)14/h4-5,7,11,14-15H,2-3,6,8-10,12,17H2,1H3. The van der Waals surface area contributed by atoms with E-state index in [0.717, 1.165) is 0 Å². The second-order valence-electron chi connectivity index (χ2n) is 5.43. The Balaban J connectivity index is 1.98. The number of unbranched alkanes of at least 4 members (excludes halogenated alkanes) is 1. The van der Waals surface area contributed by atoms with Gasteiger partial charge in [0.05, 0.1) is 0 Å². The fourth-order valence-corrected chi connectivity index (χ4v) is 3.05. The summed E-state index contributed by atoms with van der Waals surface area (Å²) in [5, 5.41) is 0. The minimum atomic E-state index is 0.395. The molecule has 1 aliphatic carbocycles. The summed E-state index contributed by atoms with van der Waals surface area (Å²) in [6, 6.07) is 9.34. The van der Waals surface area contributed by atoms with Gasteiger partial charge in [-0.25, -0.2) is 0 Å². The molecule has 0 fully saturated rings. The lowest BCUT2D eigenvalue weighted by Crippen LogP contribution is -2.24. The van der Waals surface area contributed by atoms with E-state index in [1.807, 2.05) is 0 Å². The van der Waals surface area contributed by atoms with E-state index in [2.05, 4.69) is 31.2 Å². The lowest BCUT2D eigenvalue weighted by Gasteiger charge is -2.27. The second kappa shape index (κ2) is 6.20. The molecule has 2 N–H and O–H groups in total. The van der Waals surface area contributed by atoms with Gasteiger partial charge >= 0.3 is 0 Å². The van der Waals surface area contributed by atoms with Crippen molar-refractivity contribution in [2.45, 2.75) is 63.8 Å². The van der Waals surface area contributed by atoms with Crippen LogP contribution >= 0.6 is 0 Å². The Hall–Kier alpha value is -0.820. The molecular formula is C16H25N. The molecule has 0 amide bonds. The van der Waals surface area contributed by atoms with Gasteiger partial charge < -0.3 is 5.73 Å². The van der Waals surface area contributed by atoms with Crippen molar-refractivity contribution in [3.05, 3.63) is 35.4 Å². The molecule has 1 aromatic carbocycles. The van der Waals surface area contributed by atoms with E-state index in [9.17, 15) is 0 Å². The highest BCUT2D eigenvalue weighted by molar-refractivity contribution is 5.32. The van der Waals surface area contributed by atoms with Crippen LogP contribution in [-0.2, 0) is 6.42 Å². The highest BCUT2D eigenvalue weighted by Crippen LogP contribution is 2.34. The minimum absolute atomic E-state index is 0.395. The summed E-state index contributed by atoms with van der Waals surface area (Å²) in [6.07, 6.45) is 8.83. The van der Waals surface area contributed by atoms with Crippen LogP contribution < -0.4 is 5.73 Å². The van der Waals surface area contributed by atoms with Crippen molar-refractivity contribution in [1.82, 2.24) is 0 Å². The van der Waals surface area contributed by atoms with Gasteiger partial charge in [-0.15, -0.1) is 0 Å². The Kier molecular flexibility index (Phi) is 4.61. The van der Waals surface area contributed by atoms with Crippen molar-refractivity contribution in [3.8, 4) is 0 Å². The molecule has 0 bridgehead atoms. The number of nitrogens with two attached hydrogens (primary N) is 1. The summed E-state index contributed by atoms with van der Waals surface area (Å²) in [4.78, 5) is 0. The summed E-state index contributed by atoms with van der Waals surface area (Å²) in [5.41, 5.74) is 9.38. The van der Waals surface area contributed by atoms with Crippen molar-refractivity contribution in [1.29, 1.82) is 0 Å². The molecule has 17 heavy (non-hydrogen) atoms. The van der Waals surface area contributed by atoms with Crippen LogP contribution in [0.5, 0.6) is 0 Å². The number of hydrogen-bond acceptors (Lipinski definition) is 1. The van der Waals surface area contributed by atoms with E-state index in [1.54, 1.807) is 11.1 Å². The maximum Gasteiger partial charge on any atom is 0.00446 e. The third-order valence-corrected chi connectivity index (χ3v) is 4.01. The lowest BCUT2D eigenvalue weighted by atomic mass is 9.79. The van der Waals surface area contributed by atoms with Crippen LogP contribution in [0.3, 0.4) is 0 Å². The van der Waals surface area contributed by atoms with Gasteiger partial charge in [-0.05, 0) is 49.1 Å². The van der Waals surface area contributed by atoms with Gasteiger partial charge in [0.15, 0.2) is 0 Å². The van der Waals surface area contributed by atoms with E-state index in [4.69, 9.17) is 5.73 Å². The smallest absolute Gasteiger partial charge is 0.00446 e. The molecule has 2 rings (SSSR count). The fraction of sp³-hybridized carbons (Fsp3) is 0.625. The number of benzene rings is 1. The molecule has 0 saturated carbocycles. The first-order valence-corrected chi connectivity index (χ1v) is 7.14. The van der Waals surface area contributed by atoms with Crippen molar-refractivity contribution in [2.24, 2.45) is 5.73 Å². The van der Waals surface area contributed by atoms with E-state index in [0.29, 0.717) is 12.0 Å². The van der Waals surface area contributed by atoms with Crippen molar-refractivity contribution >= 4 is 0 Å². The molecule has 2 unspecified atom stereocenters. The van der Waals surface area contributed by atoms with Gasteiger partial charge in [-0.1, -0.05) is 44.0 Å². The average Bonchev–Trinajstić information content (AvgIpc) is 2.37. The summed E-state index contributed by atoms with van der Waals surface area (Å²) in [5.74, 6) is 0.715. The normalized spacial score (nSPS) is 20.9. The predicted octanol–water partition coefficient (Wildman–Crippen LogP) is 4.01. The van der Waals surface area contributed by atoms with E-state index >= 15 is 0 Å². The van der Waals surface area contributed by atoms with Gasteiger partial charge in [-0.2, -0.15) is 0 Å². The zero-order valence-corrected chi connectivity index (χ0v) is 11.0. The van der Waals surface area contributed by atoms with Crippen LogP contribution in [-0.4, -0.2) is 6.04 Å². The molecule has 1 heteroatoms. The molecule has 0 heterocycles. The molecule has 1 nitrogen and oxygen atoms in total. The zero-order valence-electron chi connectivity index (χ0n) is 11.0. The minimum Gasteiger partial charge on any atom is -0.328 e. The summed E-state index contributed by atoms with van der Waals surface area (Å²) in [7, 11) is 0. The third kappa shape index (κ3) is 3.32.